The summed E-state index contributed by atoms with van der Waals surface area (Å²) in [7, 11) is 0. The molecule has 2 aliphatic rings. The van der Waals surface area contributed by atoms with E-state index in [1.807, 2.05) is 18.4 Å². The number of dihydropyridines is 1. The van der Waals surface area contributed by atoms with Crippen LogP contribution in [-0.4, -0.2) is 12.5 Å². The molecule has 2 N–H and O–H groups in total. The van der Waals surface area contributed by atoms with Crippen molar-refractivity contribution < 1.29 is 4.79 Å². The predicted octanol–water partition coefficient (Wildman–Crippen LogP) is 1.68. The lowest BCUT2D eigenvalue weighted by Gasteiger charge is -2.21. The number of hydrogen-bond acceptors (Lipinski definition) is 2. The molecule has 82 valence electrons. The lowest BCUT2D eigenvalue weighted by Crippen LogP contribution is -2.32. The van der Waals surface area contributed by atoms with Gasteiger partial charge < -0.3 is 10.6 Å². The Bertz CT molecular complexity index is 288. The van der Waals surface area contributed by atoms with Crippen LogP contribution in [0.15, 0.2) is 24.0 Å². The SMILES string of the molecule is O=C(NC1=CCNC=C1)C1CCCCC1. The van der Waals surface area contributed by atoms with Gasteiger partial charge in [-0.3, -0.25) is 4.79 Å². The highest BCUT2D eigenvalue weighted by atomic mass is 16.1. The van der Waals surface area contributed by atoms with E-state index in [-0.39, 0.29) is 11.8 Å². The molecular formula is C12H18N2O. The van der Waals surface area contributed by atoms with E-state index in [0.717, 1.165) is 25.1 Å². The third kappa shape index (κ3) is 2.85. The first-order chi connectivity index (χ1) is 7.36. The van der Waals surface area contributed by atoms with Gasteiger partial charge in [0.05, 0.1) is 0 Å². The predicted molar refractivity (Wildman–Crippen MR) is 59.9 cm³/mol. The van der Waals surface area contributed by atoms with Gasteiger partial charge in [-0.05, 0) is 31.2 Å². The molecule has 1 heterocycles. The first kappa shape index (κ1) is 10.3. The molecule has 0 unspecified atom stereocenters. The quantitative estimate of drug-likeness (QED) is 0.721. The van der Waals surface area contributed by atoms with Crippen LogP contribution in [0.4, 0.5) is 0 Å². The highest BCUT2D eigenvalue weighted by Gasteiger charge is 2.21. The van der Waals surface area contributed by atoms with Gasteiger partial charge in [-0.25, -0.2) is 0 Å². The fourth-order valence-corrected chi connectivity index (χ4v) is 2.16. The molecular weight excluding hydrogens is 188 g/mol. The third-order valence-electron chi connectivity index (χ3n) is 3.06. The second-order valence-electron chi connectivity index (χ2n) is 4.23. The Kier molecular flexibility index (Phi) is 3.43. The molecule has 0 atom stereocenters. The second kappa shape index (κ2) is 5.01. The van der Waals surface area contributed by atoms with Gasteiger partial charge in [-0.1, -0.05) is 19.3 Å². The van der Waals surface area contributed by atoms with Crippen LogP contribution in [0, 0.1) is 5.92 Å². The van der Waals surface area contributed by atoms with E-state index in [1.54, 1.807) is 0 Å². The van der Waals surface area contributed by atoms with Crippen molar-refractivity contribution in [1.82, 2.24) is 10.6 Å². The Morgan fingerprint density at radius 3 is 2.80 bits per heavy atom. The van der Waals surface area contributed by atoms with Crippen molar-refractivity contribution in [1.29, 1.82) is 0 Å². The topological polar surface area (TPSA) is 41.1 Å². The summed E-state index contributed by atoms with van der Waals surface area (Å²) in [6.07, 6.45) is 11.6. The summed E-state index contributed by atoms with van der Waals surface area (Å²) < 4.78 is 0. The number of rotatable bonds is 2. The molecule has 0 bridgehead atoms. The van der Waals surface area contributed by atoms with Gasteiger partial charge in [0.2, 0.25) is 5.91 Å². The van der Waals surface area contributed by atoms with Crippen molar-refractivity contribution in [3.63, 3.8) is 0 Å². The maximum atomic E-state index is 11.9. The lowest BCUT2D eigenvalue weighted by molar-refractivity contribution is -0.125. The van der Waals surface area contributed by atoms with Crippen molar-refractivity contribution in [2.45, 2.75) is 32.1 Å². The molecule has 0 aromatic heterocycles. The van der Waals surface area contributed by atoms with E-state index in [9.17, 15) is 4.79 Å². The Hall–Kier alpha value is -1.25. The van der Waals surface area contributed by atoms with Gasteiger partial charge in [-0.2, -0.15) is 0 Å². The van der Waals surface area contributed by atoms with Crippen LogP contribution in [0.2, 0.25) is 0 Å². The van der Waals surface area contributed by atoms with Crippen LogP contribution in [0.1, 0.15) is 32.1 Å². The third-order valence-corrected chi connectivity index (χ3v) is 3.06. The van der Waals surface area contributed by atoms with Crippen molar-refractivity contribution in [3.8, 4) is 0 Å². The molecule has 0 radical (unpaired) electrons. The van der Waals surface area contributed by atoms with E-state index in [1.165, 1.54) is 19.3 Å². The maximum Gasteiger partial charge on any atom is 0.227 e. The number of amides is 1. The molecule has 1 amide bonds. The zero-order chi connectivity index (χ0) is 10.5. The molecule has 0 aromatic carbocycles. The van der Waals surface area contributed by atoms with E-state index < -0.39 is 0 Å². The largest absolute Gasteiger partial charge is 0.387 e. The van der Waals surface area contributed by atoms with E-state index in [0.29, 0.717) is 0 Å². The second-order valence-corrected chi connectivity index (χ2v) is 4.23. The van der Waals surface area contributed by atoms with Gasteiger partial charge in [0.25, 0.3) is 0 Å². The standard InChI is InChI=1S/C12H18N2O/c15-12(10-4-2-1-3-5-10)14-11-6-8-13-9-7-11/h6-8,10,13H,1-5,9H2,(H,14,15). The first-order valence-corrected chi connectivity index (χ1v) is 5.77. The molecule has 1 aliphatic carbocycles. The fraction of sp³-hybridized carbons (Fsp3) is 0.583. The van der Waals surface area contributed by atoms with Crippen LogP contribution in [0.3, 0.4) is 0 Å². The van der Waals surface area contributed by atoms with Gasteiger partial charge in [0, 0.05) is 18.2 Å². The van der Waals surface area contributed by atoms with Crippen molar-refractivity contribution in [2.24, 2.45) is 5.92 Å². The molecule has 1 saturated carbocycles. The summed E-state index contributed by atoms with van der Waals surface area (Å²) in [5.41, 5.74) is 0.935. The smallest absolute Gasteiger partial charge is 0.227 e. The van der Waals surface area contributed by atoms with Gasteiger partial charge in [0.1, 0.15) is 0 Å². The average molecular weight is 206 g/mol. The summed E-state index contributed by atoms with van der Waals surface area (Å²) in [6, 6.07) is 0. The molecule has 0 spiro atoms. The summed E-state index contributed by atoms with van der Waals surface area (Å²) in [4.78, 5) is 11.9. The monoisotopic (exact) mass is 206 g/mol. The lowest BCUT2D eigenvalue weighted by atomic mass is 9.88. The molecule has 3 nitrogen and oxygen atoms in total. The van der Waals surface area contributed by atoms with E-state index >= 15 is 0 Å². The van der Waals surface area contributed by atoms with Crippen LogP contribution in [-0.2, 0) is 4.79 Å². The number of nitrogens with one attached hydrogen (secondary N) is 2. The number of hydrogen-bond donors (Lipinski definition) is 2. The first-order valence-electron chi connectivity index (χ1n) is 5.77. The van der Waals surface area contributed by atoms with Gasteiger partial charge in [-0.15, -0.1) is 0 Å². The van der Waals surface area contributed by atoms with Gasteiger partial charge >= 0.3 is 0 Å². The molecule has 15 heavy (non-hydrogen) atoms. The molecule has 1 fully saturated rings. The van der Waals surface area contributed by atoms with Crippen LogP contribution in [0.5, 0.6) is 0 Å². The number of carbonyl (C=O) groups is 1. The maximum absolute atomic E-state index is 11.9. The Labute approximate surface area is 90.6 Å². The van der Waals surface area contributed by atoms with Gasteiger partial charge in [0.15, 0.2) is 0 Å². The Balaban J connectivity index is 1.85. The highest BCUT2D eigenvalue weighted by Crippen LogP contribution is 2.23. The van der Waals surface area contributed by atoms with Crippen molar-refractivity contribution in [3.05, 3.63) is 24.0 Å². The van der Waals surface area contributed by atoms with Crippen molar-refractivity contribution >= 4 is 5.91 Å². The van der Waals surface area contributed by atoms with E-state index in [4.69, 9.17) is 0 Å². The highest BCUT2D eigenvalue weighted by molar-refractivity contribution is 5.80. The fourth-order valence-electron chi connectivity index (χ4n) is 2.16. The summed E-state index contributed by atoms with van der Waals surface area (Å²) >= 11 is 0. The molecule has 0 saturated heterocycles. The normalized spacial score (nSPS) is 21.7. The van der Waals surface area contributed by atoms with Crippen LogP contribution >= 0.6 is 0 Å². The Morgan fingerprint density at radius 2 is 2.13 bits per heavy atom. The summed E-state index contributed by atoms with van der Waals surface area (Å²) in [6.45, 7) is 0.802. The Morgan fingerprint density at radius 1 is 1.33 bits per heavy atom. The minimum absolute atomic E-state index is 0.201. The summed E-state index contributed by atoms with van der Waals surface area (Å²) in [5, 5.41) is 6.04. The van der Waals surface area contributed by atoms with E-state index in [2.05, 4.69) is 10.6 Å². The minimum Gasteiger partial charge on any atom is -0.387 e. The zero-order valence-corrected chi connectivity index (χ0v) is 8.96. The zero-order valence-electron chi connectivity index (χ0n) is 8.96. The van der Waals surface area contributed by atoms with Crippen LogP contribution in [0.25, 0.3) is 0 Å². The molecule has 0 aromatic rings. The summed E-state index contributed by atoms with van der Waals surface area (Å²) in [5.74, 6) is 0.440. The average Bonchev–Trinajstić information content (AvgIpc) is 2.31. The molecule has 1 aliphatic heterocycles. The van der Waals surface area contributed by atoms with Crippen LogP contribution < -0.4 is 10.6 Å². The minimum atomic E-state index is 0.201. The number of allylic oxidation sites excluding steroid dienone is 1. The molecule has 2 rings (SSSR count). The van der Waals surface area contributed by atoms with Crippen molar-refractivity contribution in [2.75, 3.05) is 6.54 Å². The number of carbonyl (C=O) groups excluding carboxylic acids is 1. The molecule has 3 heteroatoms.